The predicted molar refractivity (Wildman–Crippen MR) is 95.7 cm³/mol. The fourth-order valence-corrected chi connectivity index (χ4v) is 2.70. The van der Waals surface area contributed by atoms with Gasteiger partial charge in [0.15, 0.2) is 5.69 Å². The highest BCUT2D eigenvalue weighted by Gasteiger charge is 2.19. The molecule has 1 atom stereocenters. The van der Waals surface area contributed by atoms with Crippen LogP contribution in [0.3, 0.4) is 0 Å². The molecule has 1 N–H and O–H groups in total. The van der Waals surface area contributed by atoms with Gasteiger partial charge in [0, 0.05) is 6.20 Å². The molecule has 1 unspecified atom stereocenters. The minimum Gasteiger partial charge on any atom is -0.342 e. The van der Waals surface area contributed by atoms with Gasteiger partial charge in [-0.2, -0.15) is 9.90 Å². The molecule has 2 aromatic heterocycles. The largest absolute Gasteiger partial charge is 0.342 e. The third-order valence-electron chi connectivity index (χ3n) is 4.04. The highest BCUT2D eigenvalue weighted by atomic mass is 16.2. The number of nitrogens with zero attached hydrogens (tertiary/aromatic N) is 4. The lowest BCUT2D eigenvalue weighted by atomic mass is 10.1. The van der Waals surface area contributed by atoms with Crippen molar-refractivity contribution in [2.24, 2.45) is 0 Å². The summed E-state index contributed by atoms with van der Waals surface area (Å²) in [6.45, 7) is 7.72. The Kier molecular flexibility index (Phi) is 4.61. The van der Waals surface area contributed by atoms with E-state index in [0.29, 0.717) is 11.4 Å². The Morgan fingerprint density at radius 2 is 1.92 bits per heavy atom. The minimum atomic E-state index is -0.258. The van der Waals surface area contributed by atoms with Crippen LogP contribution < -0.4 is 5.32 Å². The SMILES string of the molecule is Cc1ccc(-n2nc(C)c(C(=O)NC(C)c3ccccn3)n2)c(C)c1. The van der Waals surface area contributed by atoms with E-state index < -0.39 is 0 Å². The standard InChI is InChI=1S/C19H21N5O/c1-12-8-9-17(13(2)11-12)24-22-15(4)18(23-24)19(25)21-14(3)16-7-5-6-10-20-16/h5-11,14H,1-4H3,(H,21,25). The lowest BCUT2D eigenvalue weighted by Gasteiger charge is -2.12. The number of pyridine rings is 1. The molecule has 2 heterocycles. The van der Waals surface area contributed by atoms with Crippen molar-refractivity contribution in [2.45, 2.75) is 33.7 Å². The van der Waals surface area contributed by atoms with Gasteiger partial charge in [-0.15, -0.1) is 5.10 Å². The van der Waals surface area contributed by atoms with E-state index in [9.17, 15) is 4.79 Å². The maximum absolute atomic E-state index is 12.6. The molecular weight excluding hydrogens is 314 g/mol. The van der Waals surface area contributed by atoms with E-state index in [1.54, 1.807) is 13.1 Å². The first-order valence-corrected chi connectivity index (χ1v) is 8.19. The van der Waals surface area contributed by atoms with Crippen molar-refractivity contribution in [3.8, 4) is 5.69 Å². The molecule has 0 spiro atoms. The normalized spacial score (nSPS) is 12.0. The van der Waals surface area contributed by atoms with E-state index >= 15 is 0 Å². The smallest absolute Gasteiger partial charge is 0.274 e. The minimum absolute atomic E-state index is 0.209. The molecule has 3 rings (SSSR count). The lowest BCUT2D eigenvalue weighted by Crippen LogP contribution is -2.28. The first-order valence-electron chi connectivity index (χ1n) is 8.19. The first-order chi connectivity index (χ1) is 12.0. The van der Waals surface area contributed by atoms with Crippen LogP contribution in [0, 0.1) is 20.8 Å². The molecule has 0 fully saturated rings. The summed E-state index contributed by atoms with van der Waals surface area (Å²) in [4.78, 5) is 18.4. The molecule has 3 aromatic rings. The van der Waals surface area contributed by atoms with Crippen LogP contribution in [0.1, 0.15) is 46.0 Å². The average molecular weight is 335 g/mol. The number of aryl methyl sites for hydroxylation is 3. The van der Waals surface area contributed by atoms with Gasteiger partial charge in [-0.3, -0.25) is 9.78 Å². The summed E-state index contributed by atoms with van der Waals surface area (Å²) in [5, 5.41) is 11.7. The van der Waals surface area contributed by atoms with E-state index in [2.05, 4.69) is 26.6 Å². The summed E-state index contributed by atoms with van der Waals surface area (Å²) in [5.41, 5.74) is 4.81. The van der Waals surface area contributed by atoms with Gasteiger partial charge in [0.05, 0.1) is 23.1 Å². The van der Waals surface area contributed by atoms with Crippen LogP contribution in [-0.2, 0) is 0 Å². The number of amides is 1. The van der Waals surface area contributed by atoms with Crippen LogP contribution in [0.25, 0.3) is 5.69 Å². The molecule has 6 nitrogen and oxygen atoms in total. The van der Waals surface area contributed by atoms with Gasteiger partial charge in [-0.25, -0.2) is 0 Å². The van der Waals surface area contributed by atoms with Gasteiger partial charge in [0.1, 0.15) is 0 Å². The second-order valence-electron chi connectivity index (χ2n) is 6.16. The van der Waals surface area contributed by atoms with Gasteiger partial charge in [0.25, 0.3) is 5.91 Å². The molecule has 0 aliphatic carbocycles. The third-order valence-corrected chi connectivity index (χ3v) is 4.04. The number of hydrogen-bond donors (Lipinski definition) is 1. The fraction of sp³-hybridized carbons (Fsp3) is 0.263. The van der Waals surface area contributed by atoms with Gasteiger partial charge in [0.2, 0.25) is 0 Å². The lowest BCUT2D eigenvalue weighted by molar-refractivity contribution is 0.0933. The van der Waals surface area contributed by atoms with Crippen molar-refractivity contribution in [3.63, 3.8) is 0 Å². The molecule has 1 amide bonds. The molecule has 6 heteroatoms. The first kappa shape index (κ1) is 16.8. The van der Waals surface area contributed by atoms with Gasteiger partial charge in [-0.05, 0) is 51.5 Å². The zero-order chi connectivity index (χ0) is 18.0. The van der Waals surface area contributed by atoms with Crippen LogP contribution in [0.2, 0.25) is 0 Å². The topological polar surface area (TPSA) is 72.7 Å². The van der Waals surface area contributed by atoms with Crippen LogP contribution in [0.5, 0.6) is 0 Å². The highest BCUT2D eigenvalue weighted by molar-refractivity contribution is 5.93. The fourth-order valence-electron chi connectivity index (χ4n) is 2.70. The molecule has 0 saturated heterocycles. The Bertz CT molecular complexity index is 901. The molecule has 1 aromatic carbocycles. The Balaban J connectivity index is 1.83. The summed E-state index contributed by atoms with van der Waals surface area (Å²) in [6, 6.07) is 11.4. The summed E-state index contributed by atoms with van der Waals surface area (Å²) in [6.07, 6.45) is 1.71. The molecule has 0 bridgehead atoms. The molecular formula is C19H21N5O. The summed E-state index contributed by atoms with van der Waals surface area (Å²) in [5.74, 6) is -0.258. The molecule has 0 aliphatic rings. The third kappa shape index (κ3) is 3.57. The van der Waals surface area contributed by atoms with Gasteiger partial charge in [-0.1, -0.05) is 23.8 Å². The van der Waals surface area contributed by atoms with E-state index in [4.69, 9.17) is 0 Å². The zero-order valence-corrected chi connectivity index (χ0v) is 14.8. The van der Waals surface area contributed by atoms with Gasteiger partial charge >= 0.3 is 0 Å². The number of hydrogen-bond acceptors (Lipinski definition) is 4. The summed E-state index contributed by atoms with van der Waals surface area (Å²) >= 11 is 0. The van der Waals surface area contributed by atoms with Crippen LogP contribution in [-0.4, -0.2) is 25.9 Å². The quantitative estimate of drug-likeness (QED) is 0.795. The molecule has 25 heavy (non-hydrogen) atoms. The Hall–Kier alpha value is -3.02. The summed E-state index contributed by atoms with van der Waals surface area (Å²) < 4.78 is 0. The average Bonchev–Trinajstić information content (AvgIpc) is 2.97. The highest BCUT2D eigenvalue weighted by Crippen LogP contribution is 2.16. The number of nitrogens with one attached hydrogen (secondary N) is 1. The number of benzene rings is 1. The van der Waals surface area contributed by atoms with E-state index in [1.165, 1.54) is 10.4 Å². The van der Waals surface area contributed by atoms with Crippen molar-refractivity contribution < 1.29 is 4.79 Å². The van der Waals surface area contributed by atoms with Crippen molar-refractivity contribution in [1.82, 2.24) is 25.3 Å². The van der Waals surface area contributed by atoms with Crippen LogP contribution >= 0.6 is 0 Å². The second-order valence-corrected chi connectivity index (χ2v) is 6.16. The van der Waals surface area contributed by atoms with Crippen molar-refractivity contribution in [3.05, 3.63) is 70.8 Å². The second kappa shape index (κ2) is 6.84. The van der Waals surface area contributed by atoms with Crippen molar-refractivity contribution in [1.29, 1.82) is 0 Å². The predicted octanol–water partition coefficient (Wildman–Crippen LogP) is 3.08. The van der Waals surface area contributed by atoms with Crippen LogP contribution in [0.15, 0.2) is 42.6 Å². The zero-order valence-electron chi connectivity index (χ0n) is 14.8. The maximum atomic E-state index is 12.6. The van der Waals surface area contributed by atoms with Crippen molar-refractivity contribution in [2.75, 3.05) is 0 Å². The Morgan fingerprint density at radius 3 is 2.60 bits per heavy atom. The van der Waals surface area contributed by atoms with Crippen molar-refractivity contribution >= 4 is 5.91 Å². The maximum Gasteiger partial charge on any atom is 0.274 e. The number of carbonyl (C=O) groups is 1. The monoisotopic (exact) mass is 335 g/mol. The Labute approximate surface area is 146 Å². The molecule has 0 aliphatic heterocycles. The molecule has 0 saturated carbocycles. The Morgan fingerprint density at radius 1 is 1.12 bits per heavy atom. The van der Waals surface area contributed by atoms with E-state index in [-0.39, 0.29) is 11.9 Å². The van der Waals surface area contributed by atoms with Gasteiger partial charge < -0.3 is 5.32 Å². The summed E-state index contributed by atoms with van der Waals surface area (Å²) in [7, 11) is 0. The van der Waals surface area contributed by atoms with E-state index in [0.717, 1.165) is 16.9 Å². The van der Waals surface area contributed by atoms with Crippen LogP contribution in [0.4, 0.5) is 0 Å². The van der Waals surface area contributed by atoms with E-state index in [1.807, 2.05) is 51.1 Å². The molecule has 128 valence electrons. The number of rotatable bonds is 4. The number of carbonyl (C=O) groups excluding carboxylic acids is 1. The molecule has 0 radical (unpaired) electrons. The number of aromatic nitrogens is 4.